The Kier molecular flexibility index (Phi) is 6.83. The highest BCUT2D eigenvalue weighted by molar-refractivity contribution is 7.80. The summed E-state index contributed by atoms with van der Waals surface area (Å²) in [6.45, 7) is 6.55. The van der Waals surface area contributed by atoms with Gasteiger partial charge >= 0.3 is 0 Å². The lowest BCUT2D eigenvalue weighted by atomic mass is 9.96. The van der Waals surface area contributed by atoms with Crippen LogP contribution in [0.25, 0.3) is 0 Å². The summed E-state index contributed by atoms with van der Waals surface area (Å²) < 4.78 is 0. The van der Waals surface area contributed by atoms with E-state index in [0.29, 0.717) is 5.92 Å². The van der Waals surface area contributed by atoms with Crippen molar-refractivity contribution in [3.63, 3.8) is 0 Å². The standard InChI is InChI=1S/C10H20S/c1-4-6-7-8-10(5-2)9(3)11/h10H,4-8H2,1-3H3. The smallest absolute Gasteiger partial charge is 0.00717 e. The fourth-order valence-corrected chi connectivity index (χ4v) is 1.62. The summed E-state index contributed by atoms with van der Waals surface area (Å²) >= 11 is 5.17. The Morgan fingerprint density at radius 2 is 1.91 bits per heavy atom. The lowest BCUT2D eigenvalue weighted by Crippen LogP contribution is -2.07. The van der Waals surface area contributed by atoms with Crippen LogP contribution in [0.3, 0.4) is 0 Å². The highest BCUT2D eigenvalue weighted by Crippen LogP contribution is 2.15. The first-order valence-electron chi connectivity index (χ1n) is 4.72. The van der Waals surface area contributed by atoms with Crippen molar-refractivity contribution in [2.45, 2.75) is 52.9 Å². The average Bonchev–Trinajstić information content (AvgIpc) is 1.97. The van der Waals surface area contributed by atoms with Gasteiger partial charge in [0.1, 0.15) is 0 Å². The van der Waals surface area contributed by atoms with Gasteiger partial charge in [-0.2, -0.15) is 0 Å². The Morgan fingerprint density at radius 1 is 1.27 bits per heavy atom. The molecule has 0 spiro atoms. The third-order valence-electron chi connectivity index (χ3n) is 2.22. The molecule has 0 aromatic heterocycles. The summed E-state index contributed by atoms with van der Waals surface area (Å²) in [7, 11) is 0. The molecule has 1 unspecified atom stereocenters. The maximum absolute atomic E-state index is 5.17. The summed E-state index contributed by atoms with van der Waals surface area (Å²) in [6.07, 6.45) is 6.55. The van der Waals surface area contributed by atoms with Crippen LogP contribution in [0.15, 0.2) is 0 Å². The van der Waals surface area contributed by atoms with Gasteiger partial charge in [-0.1, -0.05) is 45.3 Å². The van der Waals surface area contributed by atoms with Gasteiger partial charge < -0.3 is 0 Å². The van der Waals surface area contributed by atoms with E-state index in [1.807, 2.05) is 0 Å². The van der Waals surface area contributed by atoms with Gasteiger partial charge in [-0.05, 0) is 30.5 Å². The lowest BCUT2D eigenvalue weighted by molar-refractivity contribution is 0.554. The monoisotopic (exact) mass is 172 g/mol. The maximum Gasteiger partial charge on any atom is -0.00717 e. The Bertz CT molecular complexity index is 107. The van der Waals surface area contributed by atoms with E-state index in [1.54, 1.807) is 0 Å². The lowest BCUT2D eigenvalue weighted by Gasteiger charge is -2.11. The molecule has 0 saturated heterocycles. The molecule has 0 amide bonds. The molecule has 0 aliphatic heterocycles. The predicted octanol–water partition coefficient (Wildman–Crippen LogP) is 3.98. The van der Waals surface area contributed by atoms with Gasteiger partial charge in [-0.25, -0.2) is 0 Å². The van der Waals surface area contributed by atoms with E-state index in [4.69, 9.17) is 12.2 Å². The third-order valence-corrected chi connectivity index (χ3v) is 2.56. The Balaban J connectivity index is 3.44. The summed E-state index contributed by atoms with van der Waals surface area (Å²) in [5, 5.41) is 0. The van der Waals surface area contributed by atoms with Crippen LogP contribution in [-0.4, -0.2) is 4.86 Å². The van der Waals surface area contributed by atoms with Gasteiger partial charge in [0.15, 0.2) is 0 Å². The van der Waals surface area contributed by atoms with Crippen LogP contribution in [0, 0.1) is 5.92 Å². The van der Waals surface area contributed by atoms with E-state index in [2.05, 4.69) is 20.8 Å². The molecule has 0 aromatic rings. The zero-order valence-electron chi connectivity index (χ0n) is 8.02. The molecule has 0 rings (SSSR count). The minimum Gasteiger partial charge on any atom is -0.0897 e. The fourth-order valence-electron chi connectivity index (χ4n) is 1.34. The predicted molar refractivity (Wildman–Crippen MR) is 56.2 cm³/mol. The van der Waals surface area contributed by atoms with Crippen LogP contribution in [0.4, 0.5) is 0 Å². The summed E-state index contributed by atoms with van der Waals surface area (Å²) in [5.74, 6) is 0.705. The molecule has 0 heterocycles. The SMILES string of the molecule is CCCCCC(CC)C(C)=S. The maximum atomic E-state index is 5.17. The zero-order valence-corrected chi connectivity index (χ0v) is 8.84. The number of unbranched alkanes of at least 4 members (excludes halogenated alkanes) is 2. The molecule has 0 aliphatic rings. The van der Waals surface area contributed by atoms with Gasteiger partial charge in [0.2, 0.25) is 0 Å². The van der Waals surface area contributed by atoms with E-state index < -0.39 is 0 Å². The van der Waals surface area contributed by atoms with Crippen LogP contribution in [0.5, 0.6) is 0 Å². The molecule has 0 radical (unpaired) electrons. The van der Waals surface area contributed by atoms with Crippen molar-refractivity contribution in [2.75, 3.05) is 0 Å². The first-order valence-corrected chi connectivity index (χ1v) is 5.13. The molecule has 0 fully saturated rings. The molecule has 11 heavy (non-hydrogen) atoms. The van der Waals surface area contributed by atoms with E-state index in [-0.39, 0.29) is 0 Å². The highest BCUT2D eigenvalue weighted by atomic mass is 32.1. The quantitative estimate of drug-likeness (QED) is 0.431. The molecule has 1 atom stereocenters. The van der Waals surface area contributed by atoms with Crippen LogP contribution in [0.1, 0.15) is 52.9 Å². The van der Waals surface area contributed by atoms with E-state index in [1.165, 1.54) is 37.0 Å². The molecule has 0 bridgehead atoms. The fraction of sp³-hybridized carbons (Fsp3) is 0.900. The number of hydrogen-bond acceptors (Lipinski definition) is 1. The molecule has 1 heteroatoms. The van der Waals surface area contributed by atoms with Crippen molar-refractivity contribution in [3.05, 3.63) is 0 Å². The van der Waals surface area contributed by atoms with Gasteiger partial charge in [0, 0.05) is 0 Å². The van der Waals surface area contributed by atoms with Crippen LogP contribution >= 0.6 is 12.2 Å². The zero-order chi connectivity index (χ0) is 8.69. The van der Waals surface area contributed by atoms with E-state index in [0.717, 1.165) is 0 Å². The number of thiocarbonyl (C=S) groups is 1. The summed E-state index contributed by atoms with van der Waals surface area (Å²) in [5.41, 5.74) is 0. The minimum atomic E-state index is 0.705. The van der Waals surface area contributed by atoms with E-state index in [9.17, 15) is 0 Å². The van der Waals surface area contributed by atoms with Gasteiger partial charge in [-0.15, -0.1) is 0 Å². The Morgan fingerprint density at radius 3 is 2.27 bits per heavy atom. The normalized spacial score (nSPS) is 13.0. The molecule has 0 aromatic carbocycles. The number of rotatable bonds is 6. The van der Waals surface area contributed by atoms with Crippen molar-refractivity contribution in [3.8, 4) is 0 Å². The van der Waals surface area contributed by atoms with Crippen molar-refractivity contribution in [1.82, 2.24) is 0 Å². The minimum absolute atomic E-state index is 0.705. The summed E-state index contributed by atoms with van der Waals surface area (Å²) in [6, 6.07) is 0. The van der Waals surface area contributed by atoms with Crippen molar-refractivity contribution in [1.29, 1.82) is 0 Å². The summed E-state index contributed by atoms with van der Waals surface area (Å²) in [4.78, 5) is 1.20. The number of hydrogen-bond donors (Lipinski definition) is 0. The Hall–Kier alpha value is 0.0900. The highest BCUT2D eigenvalue weighted by Gasteiger charge is 2.06. The first kappa shape index (κ1) is 11.1. The topological polar surface area (TPSA) is 0 Å². The first-order chi connectivity index (χ1) is 5.22. The average molecular weight is 172 g/mol. The third kappa shape index (κ3) is 5.37. The van der Waals surface area contributed by atoms with Crippen LogP contribution < -0.4 is 0 Å². The molecular weight excluding hydrogens is 152 g/mol. The molecule has 0 aliphatic carbocycles. The van der Waals surface area contributed by atoms with Crippen molar-refractivity contribution in [2.24, 2.45) is 5.92 Å². The molecule has 0 saturated carbocycles. The van der Waals surface area contributed by atoms with Crippen LogP contribution in [0.2, 0.25) is 0 Å². The molecular formula is C10H20S. The second-order valence-electron chi connectivity index (χ2n) is 3.21. The van der Waals surface area contributed by atoms with Gasteiger partial charge in [0.05, 0.1) is 0 Å². The molecule has 0 nitrogen and oxygen atoms in total. The van der Waals surface area contributed by atoms with Gasteiger partial charge in [-0.3, -0.25) is 0 Å². The molecule has 0 N–H and O–H groups in total. The largest absolute Gasteiger partial charge is 0.0897 e. The molecule has 66 valence electrons. The Labute approximate surface area is 76.4 Å². The van der Waals surface area contributed by atoms with Crippen molar-refractivity contribution >= 4 is 17.1 Å². The van der Waals surface area contributed by atoms with E-state index >= 15 is 0 Å². The second-order valence-corrected chi connectivity index (χ2v) is 3.86. The van der Waals surface area contributed by atoms with Gasteiger partial charge in [0.25, 0.3) is 0 Å². The second kappa shape index (κ2) is 6.78. The van der Waals surface area contributed by atoms with Crippen LogP contribution in [-0.2, 0) is 0 Å². The van der Waals surface area contributed by atoms with Crippen molar-refractivity contribution < 1.29 is 0 Å².